The van der Waals surface area contributed by atoms with Crippen LogP contribution in [-0.2, 0) is 4.79 Å². The van der Waals surface area contributed by atoms with E-state index < -0.39 is 6.36 Å². The zero-order valence-corrected chi connectivity index (χ0v) is 13.4. The molecule has 0 aliphatic rings. The average Bonchev–Trinajstić information content (AvgIpc) is 2.31. The standard InChI is InChI=1S/C12H12Br2F3NO2/c13-6-2-1-3-11(19)18-8-4-5-10(9(14)7-8)20-12(15,16)17/h4-5,7H,1-3,6H2,(H,18,19). The summed E-state index contributed by atoms with van der Waals surface area (Å²) in [5.74, 6) is -0.530. The van der Waals surface area contributed by atoms with Crippen LogP contribution in [0, 0.1) is 0 Å². The van der Waals surface area contributed by atoms with E-state index in [1.54, 1.807) is 0 Å². The third-order valence-corrected chi connectivity index (χ3v) is 3.41. The van der Waals surface area contributed by atoms with Crippen molar-refractivity contribution >= 4 is 43.5 Å². The number of rotatable bonds is 6. The van der Waals surface area contributed by atoms with Gasteiger partial charge in [0.1, 0.15) is 5.75 Å². The maximum absolute atomic E-state index is 12.1. The molecule has 20 heavy (non-hydrogen) atoms. The van der Waals surface area contributed by atoms with Gasteiger partial charge in [0.05, 0.1) is 4.47 Å². The minimum atomic E-state index is -4.75. The fourth-order valence-corrected chi connectivity index (χ4v) is 2.25. The van der Waals surface area contributed by atoms with Gasteiger partial charge in [-0.15, -0.1) is 13.2 Å². The highest BCUT2D eigenvalue weighted by molar-refractivity contribution is 9.10. The molecule has 0 radical (unpaired) electrons. The van der Waals surface area contributed by atoms with Gasteiger partial charge in [-0.25, -0.2) is 0 Å². The van der Waals surface area contributed by atoms with Crippen LogP contribution in [0.2, 0.25) is 0 Å². The minimum absolute atomic E-state index is 0.119. The zero-order valence-electron chi connectivity index (χ0n) is 10.3. The fourth-order valence-electron chi connectivity index (χ4n) is 1.39. The Morgan fingerprint density at radius 1 is 1.30 bits per heavy atom. The van der Waals surface area contributed by atoms with Crippen molar-refractivity contribution in [2.24, 2.45) is 0 Å². The van der Waals surface area contributed by atoms with Crippen molar-refractivity contribution in [2.45, 2.75) is 25.6 Å². The third-order valence-electron chi connectivity index (χ3n) is 2.23. The number of unbranched alkanes of at least 4 members (excludes halogenated alkanes) is 1. The van der Waals surface area contributed by atoms with E-state index in [1.165, 1.54) is 12.1 Å². The SMILES string of the molecule is O=C(CCCCBr)Nc1ccc(OC(F)(F)F)c(Br)c1. The van der Waals surface area contributed by atoms with Gasteiger partial charge in [0.15, 0.2) is 0 Å². The Balaban J connectivity index is 2.61. The summed E-state index contributed by atoms with van der Waals surface area (Å²) >= 11 is 6.24. The number of halogens is 5. The number of carbonyl (C=O) groups is 1. The Labute approximate surface area is 131 Å². The second kappa shape index (κ2) is 7.87. The lowest BCUT2D eigenvalue weighted by atomic mass is 10.2. The first-order valence-electron chi connectivity index (χ1n) is 5.73. The average molecular weight is 419 g/mol. The molecule has 112 valence electrons. The molecule has 8 heteroatoms. The van der Waals surface area contributed by atoms with Crippen molar-refractivity contribution in [3.8, 4) is 5.75 Å². The molecular formula is C12H12Br2F3NO2. The second-order valence-corrected chi connectivity index (χ2v) is 5.53. The molecule has 0 saturated heterocycles. The molecule has 0 bridgehead atoms. The van der Waals surface area contributed by atoms with Crippen LogP contribution in [-0.4, -0.2) is 17.6 Å². The molecule has 0 fully saturated rings. The van der Waals surface area contributed by atoms with E-state index >= 15 is 0 Å². The van der Waals surface area contributed by atoms with Gasteiger partial charge in [0.25, 0.3) is 0 Å². The first-order chi connectivity index (χ1) is 9.31. The Kier molecular flexibility index (Phi) is 6.81. The van der Waals surface area contributed by atoms with Crippen LogP contribution in [0.3, 0.4) is 0 Å². The lowest BCUT2D eigenvalue weighted by molar-refractivity contribution is -0.274. The van der Waals surface area contributed by atoms with Crippen molar-refractivity contribution in [3.05, 3.63) is 22.7 Å². The monoisotopic (exact) mass is 417 g/mol. The molecule has 3 nitrogen and oxygen atoms in total. The van der Waals surface area contributed by atoms with E-state index in [4.69, 9.17) is 0 Å². The maximum atomic E-state index is 12.1. The molecule has 0 aromatic heterocycles. The Morgan fingerprint density at radius 2 is 2.00 bits per heavy atom. The summed E-state index contributed by atoms with van der Waals surface area (Å²) in [6.07, 6.45) is -2.75. The van der Waals surface area contributed by atoms with E-state index in [1.807, 2.05) is 0 Å². The molecular weight excluding hydrogens is 407 g/mol. The highest BCUT2D eigenvalue weighted by Crippen LogP contribution is 2.32. The van der Waals surface area contributed by atoms with Crippen LogP contribution < -0.4 is 10.1 Å². The molecule has 0 aliphatic carbocycles. The Bertz CT molecular complexity index is 467. The molecule has 1 N–H and O–H groups in total. The van der Waals surface area contributed by atoms with Gasteiger partial charge in [-0.05, 0) is 47.0 Å². The molecule has 0 spiro atoms. The fraction of sp³-hybridized carbons (Fsp3) is 0.417. The van der Waals surface area contributed by atoms with Gasteiger partial charge in [-0.3, -0.25) is 4.79 Å². The maximum Gasteiger partial charge on any atom is 0.573 e. The summed E-state index contributed by atoms with van der Waals surface area (Å²) in [5, 5.41) is 3.44. The summed E-state index contributed by atoms with van der Waals surface area (Å²) in [6, 6.07) is 3.86. The normalized spacial score (nSPS) is 11.2. The molecule has 1 amide bonds. The van der Waals surface area contributed by atoms with Gasteiger partial charge >= 0.3 is 6.36 Å². The van der Waals surface area contributed by atoms with Crippen LogP contribution in [0.4, 0.5) is 18.9 Å². The van der Waals surface area contributed by atoms with E-state index in [0.29, 0.717) is 12.1 Å². The number of nitrogens with one attached hydrogen (secondary N) is 1. The van der Waals surface area contributed by atoms with Crippen LogP contribution >= 0.6 is 31.9 Å². The first-order valence-corrected chi connectivity index (χ1v) is 7.64. The van der Waals surface area contributed by atoms with Crippen molar-refractivity contribution in [2.75, 3.05) is 10.6 Å². The van der Waals surface area contributed by atoms with Crippen molar-refractivity contribution in [3.63, 3.8) is 0 Å². The van der Waals surface area contributed by atoms with E-state index in [-0.39, 0.29) is 16.1 Å². The molecule has 1 aromatic carbocycles. The summed E-state index contributed by atoms with van der Waals surface area (Å²) in [6.45, 7) is 0. The van der Waals surface area contributed by atoms with Gasteiger partial charge in [-0.2, -0.15) is 0 Å². The van der Waals surface area contributed by atoms with E-state index in [0.717, 1.165) is 24.2 Å². The van der Waals surface area contributed by atoms with Crippen molar-refractivity contribution in [1.82, 2.24) is 0 Å². The summed E-state index contributed by atoms with van der Waals surface area (Å²) in [7, 11) is 0. The molecule has 0 heterocycles. The second-order valence-electron chi connectivity index (χ2n) is 3.89. The molecule has 0 saturated carbocycles. The minimum Gasteiger partial charge on any atom is -0.405 e. The smallest absolute Gasteiger partial charge is 0.405 e. The summed E-state index contributed by atoms with van der Waals surface area (Å²) in [4.78, 5) is 11.6. The third kappa shape index (κ3) is 6.60. The van der Waals surface area contributed by atoms with Gasteiger partial charge in [0.2, 0.25) is 5.91 Å². The molecule has 0 unspecified atom stereocenters. The Morgan fingerprint density at radius 3 is 2.55 bits per heavy atom. The molecule has 0 atom stereocenters. The molecule has 1 aromatic rings. The number of hydrogen-bond donors (Lipinski definition) is 1. The number of anilines is 1. The Hall–Kier alpha value is -0.760. The summed E-state index contributed by atoms with van der Waals surface area (Å²) in [5.41, 5.74) is 0.412. The number of benzene rings is 1. The van der Waals surface area contributed by atoms with Crippen LogP contribution in [0.1, 0.15) is 19.3 Å². The topological polar surface area (TPSA) is 38.3 Å². The predicted molar refractivity (Wildman–Crippen MR) is 77.1 cm³/mol. The van der Waals surface area contributed by atoms with E-state index in [2.05, 4.69) is 41.9 Å². The summed E-state index contributed by atoms with van der Waals surface area (Å²) < 4.78 is 40.2. The highest BCUT2D eigenvalue weighted by Gasteiger charge is 2.31. The van der Waals surface area contributed by atoms with Crippen molar-refractivity contribution < 1.29 is 22.7 Å². The highest BCUT2D eigenvalue weighted by atomic mass is 79.9. The number of ether oxygens (including phenoxy) is 1. The zero-order chi connectivity index (χ0) is 15.2. The first kappa shape index (κ1) is 17.3. The predicted octanol–water partition coefficient (Wildman–Crippen LogP) is 4.85. The lowest BCUT2D eigenvalue weighted by Crippen LogP contribution is -2.17. The quantitative estimate of drug-likeness (QED) is 0.529. The van der Waals surface area contributed by atoms with Gasteiger partial charge in [-0.1, -0.05) is 15.9 Å². The van der Waals surface area contributed by atoms with E-state index in [9.17, 15) is 18.0 Å². The molecule has 0 aliphatic heterocycles. The van der Waals surface area contributed by atoms with Gasteiger partial charge < -0.3 is 10.1 Å². The van der Waals surface area contributed by atoms with Crippen LogP contribution in [0.25, 0.3) is 0 Å². The van der Waals surface area contributed by atoms with Crippen molar-refractivity contribution in [1.29, 1.82) is 0 Å². The van der Waals surface area contributed by atoms with Crippen LogP contribution in [0.5, 0.6) is 5.75 Å². The largest absolute Gasteiger partial charge is 0.573 e. The van der Waals surface area contributed by atoms with Crippen LogP contribution in [0.15, 0.2) is 22.7 Å². The lowest BCUT2D eigenvalue weighted by Gasteiger charge is -2.12. The number of hydrogen-bond acceptors (Lipinski definition) is 2. The number of alkyl halides is 4. The molecule has 1 rings (SSSR count). The number of amides is 1. The number of carbonyl (C=O) groups excluding carboxylic acids is 1. The van der Waals surface area contributed by atoms with Gasteiger partial charge in [0, 0.05) is 17.4 Å².